The van der Waals surface area contributed by atoms with Gasteiger partial charge in [0.1, 0.15) is 0 Å². The Bertz CT molecular complexity index is 1120. The Balaban J connectivity index is 1.53. The molecule has 1 aromatic heterocycles. The average molecular weight is 428 g/mol. The Morgan fingerprint density at radius 1 is 0.786 bits per heavy atom. The molecule has 2 aromatic carbocycles. The lowest BCUT2D eigenvalue weighted by Gasteiger charge is -2.22. The largest absolute Gasteiger partial charge is 0.265 e. The van der Waals surface area contributed by atoms with Crippen LogP contribution in [0.15, 0.2) is 76.5 Å². The molecule has 2 atom stereocenters. The first-order chi connectivity index (χ1) is 13.6. The van der Waals surface area contributed by atoms with E-state index in [0.29, 0.717) is 11.8 Å². The highest BCUT2D eigenvalue weighted by molar-refractivity contribution is 9.10. The minimum Gasteiger partial charge on any atom is -0.265 e. The van der Waals surface area contributed by atoms with Gasteiger partial charge in [0.05, 0.1) is 0 Å². The van der Waals surface area contributed by atoms with Crippen molar-refractivity contribution < 1.29 is 0 Å². The van der Waals surface area contributed by atoms with Gasteiger partial charge >= 0.3 is 0 Å². The second-order valence-corrected chi connectivity index (χ2v) is 8.76. The molecule has 0 saturated heterocycles. The van der Waals surface area contributed by atoms with Crippen molar-refractivity contribution in [2.24, 2.45) is 0 Å². The van der Waals surface area contributed by atoms with E-state index in [-0.39, 0.29) is 0 Å². The van der Waals surface area contributed by atoms with E-state index >= 15 is 0 Å². The van der Waals surface area contributed by atoms with Crippen LogP contribution in [-0.2, 0) is 0 Å². The quantitative estimate of drug-likeness (QED) is 0.419. The number of benzene rings is 2. The summed E-state index contributed by atoms with van der Waals surface area (Å²) in [4.78, 5) is 4.17. The van der Waals surface area contributed by atoms with Gasteiger partial charge in [0.25, 0.3) is 0 Å². The maximum Gasteiger partial charge on any atom is 0.0273 e. The van der Waals surface area contributed by atoms with Crippen LogP contribution in [0.25, 0.3) is 23.3 Å². The second-order valence-electron chi connectivity index (χ2n) is 7.90. The van der Waals surface area contributed by atoms with E-state index in [1.807, 2.05) is 12.4 Å². The van der Waals surface area contributed by atoms with Crippen LogP contribution < -0.4 is 0 Å². The molecule has 1 nitrogen and oxygen atoms in total. The van der Waals surface area contributed by atoms with Gasteiger partial charge in [-0.25, -0.2) is 0 Å². The maximum absolute atomic E-state index is 4.17. The highest BCUT2D eigenvalue weighted by Crippen LogP contribution is 2.49. The van der Waals surface area contributed by atoms with E-state index in [0.717, 1.165) is 6.42 Å². The van der Waals surface area contributed by atoms with Gasteiger partial charge in [0.15, 0.2) is 0 Å². The third-order valence-electron chi connectivity index (χ3n) is 6.28. The molecule has 1 heterocycles. The molecule has 0 radical (unpaired) electrons. The number of hydrogen-bond acceptors (Lipinski definition) is 1. The molecule has 3 aromatic rings. The minimum absolute atomic E-state index is 0.468. The fraction of sp³-hybridized carbons (Fsp3) is 0.192. The molecule has 5 rings (SSSR count). The molecule has 0 spiro atoms. The minimum atomic E-state index is 0.468. The van der Waals surface area contributed by atoms with Crippen LogP contribution in [0.1, 0.15) is 54.4 Å². The fourth-order valence-corrected chi connectivity index (χ4v) is 5.35. The number of nitrogens with zero attached hydrogens (tertiary/aromatic N) is 1. The summed E-state index contributed by atoms with van der Waals surface area (Å²) in [5.74, 6) is 0.950. The van der Waals surface area contributed by atoms with Crippen molar-refractivity contribution in [1.82, 2.24) is 4.98 Å². The summed E-state index contributed by atoms with van der Waals surface area (Å²) in [6.45, 7) is 4.57. The van der Waals surface area contributed by atoms with Gasteiger partial charge in [0, 0.05) is 28.7 Å². The van der Waals surface area contributed by atoms with Gasteiger partial charge in [-0.15, -0.1) is 0 Å². The van der Waals surface area contributed by atoms with E-state index in [1.165, 1.54) is 49.0 Å². The first-order valence-electron chi connectivity index (χ1n) is 9.81. The molecular formula is C26H22BrN. The SMILES string of the molecule is CC1=Cc2c(Br)cccc2C1CC1C(C)=Cc2c(-c3ccncc3)cccc21. The zero-order chi connectivity index (χ0) is 19.3. The van der Waals surface area contributed by atoms with Gasteiger partial charge in [-0.3, -0.25) is 4.98 Å². The third-order valence-corrected chi connectivity index (χ3v) is 6.97. The first-order valence-corrected chi connectivity index (χ1v) is 10.6. The summed E-state index contributed by atoms with van der Waals surface area (Å²) in [5.41, 5.74) is 11.1. The summed E-state index contributed by atoms with van der Waals surface area (Å²) in [6, 6.07) is 17.5. The van der Waals surface area contributed by atoms with Crippen LogP contribution in [0.4, 0.5) is 0 Å². The molecular weight excluding hydrogens is 406 g/mol. The molecule has 0 aliphatic heterocycles. The zero-order valence-corrected chi connectivity index (χ0v) is 17.7. The second kappa shape index (κ2) is 6.86. The van der Waals surface area contributed by atoms with Gasteiger partial charge in [-0.05, 0) is 71.8 Å². The number of halogens is 1. The van der Waals surface area contributed by atoms with E-state index in [1.54, 1.807) is 0 Å². The predicted octanol–water partition coefficient (Wildman–Crippen LogP) is 7.60. The number of pyridine rings is 1. The van der Waals surface area contributed by atoms with Crippen molar-refractivity contribution in [2.75, 3.05) is 0 Å². The molecule has 0 fully saturated rings. The number of aromatic nitrogens is 1. The molecule has 2 aliphatic carbocycles. The Morgan fingerprint density at radius 2 is 1.39 bits per heavy atom. The molecule has 0 amide bonds. The maximum atomic E-state index is 4.17. The molecule has 28 heavy (non-hydrogen) atoms. The zero-order valence-electron chi connectivity index (χ0n) is 16.1. The Hall–Kier alpha value is -2.45. The van der Waals surface area contributed by atoms with Crippen molar-refractivity contribution in [3.63, 3.8) is 0 Å². The highest BCUT2D eigenvalue weighted by Gasteiger charge is 2.31. The molecule has 2 heteroatoms. The monoisotopic (exact) mass is 427 g/mol. The predicted molar refractivity (Wildman–Crippen MR) is 121 cm³/mol. The van der Waals surface area contributed by atoms with Crippen LogP contribution in [0, 0.1) is 0 Å². The summed E-state index contributed by atoms with van der Waals surface area (Å²) >= 11 is 3.73. The highest BCUT2D eigenvalue weighted by atomic mass is 79.9. The number of hydrogen-bond donors (Lipinski definition) is 0. The molecule has 0 saturated carbocycles. The fourth-order valence-electron chi connectivity index (χ4n) is 4.85. The number of allylic oxidation sites excluding steroid dienone is 2. The van der Waals surface area contributed by atoms with Crippen LogP contribution in [-0.4, -0.2) is 4.98 Å². The lowest BCUT2D eigenvalue weighted by molar-refractivity contribution is 0.642. The summed E-state index contributed by atoms with van der Waals surface area (Å²) < 4.78 is 1.20. The van der Waals surface area contributed by atoms with E-state index in [4.69, 9.17) is 0 Å². The van der Waals surface area contributed by atoms with Crippen molar-refractivity contribution in [3.8, 4) is 11.1 Å². The van der Waals surface area contributed by atoms with Gasteiger partial charge < -0.3 is 0 Å². The van der Waals surface area contributed by atoms with Crippen molar-refractivity contribution in [2.45, 2.75) is 32.1 Å². The normalized spacial score (nSPS) is 19.8. The van der Waals surface area contributed by atoms with Crippen LogP contribution in [0.3, 0.4) is 0 Å². The van der Waals surface area contributed by atoms with E-state index in [9.17, 15) is 0 Å². The van der Waals surface area contributed by atoms with Crippen LogP contribution in [0.5, 0.6) is 0 Å². The average Bonchev–Trinajstić information content (AvgIpc) is 3.20. The Kier molecular flexibility index (Phi) is 4.32. The lowest BCUT2D eigenvalue weighted by Crippen LogP contribution is -2.06. The van der Waals surface area contributed by atoms with Crippen LogP contribution >= 0.6 is 15.9 Å². The first kappa shape index (κ1) is 17.6. The lowest BCUT2D eigenvalue weighted by atomic mass is 9.82. The van der Waals surface area contributed by atoms with Gasteiger partial charge in [-0.1, -0.05) is 69.6 Å². The third kappa shape index (κ3) is 2.79. The van der Waals surface area contributed by atoms with Crippen LogP contribution in [0.2, 0.25) is 0 Å². The molecule has 0 N–H and O–H groups in total. The molecule has 2 unspecified atom stereocenters. The Morgan fingerprint density at radius 3 is 2.11 bits per heavy atom. The van der Waals surface area contributed by atoms with Crippen molar-refractivity contribution >= 4 is 28.1 Å². The van der Waals surface area contributed by atoms with Crippen molar-refractivity contribution in [3.05, 3.63) is 98.8 Å². The van der Waals surface area contributed by atoms with Crippen molar-refractivity contribution in [1.29, 1.82) is 0 Å². The standard InChI is InChI=1S/C26H22BrN/c1-16-13-24-19(18-9-11-28-12-10-18)5-3-6-20(24)22(16)15-23-17(2)14-25-21(23)7-4-8-26(25)27/h3-14,22-23H,15H2,1-2H3. The van der Waals surface area contributed by atoms with E-state index in [2.05, 4.69) is 95.4 Å². The molecule has 2 aliphatic rings. The van der Waals surface area contributed by atoms with Gasteiger partial charge in [-0.2, -0.15) is 0 Å². The van der Waals surface area contributed by atoms with Gasteiger partial charge in [0.2, 0.25) is 0 Å². The van der Waals surface area contributed by atoms with E-state index < -0.39 is 0 Å². The topological polar surface area (TPSA) is 12.9 Å². The summed E-state index contributed by atoms with van der Waals surface area (Å²) in [5, 5.41) is 0. The molecule has 0 bridgehead atoms. The summed E-state index contributed by atoms with van der Waals surface area (Å²) in [7, 11) is 0. The Labute approximate surface area is 175 Å². The summed E-state index contributed by atoms with van der Waals surface area (Å²) in [6.07, 6.45) is 9.62. The number of fused-ring (bicyclic) bond motifs is 2. The number of rotatable bonds is 3. The smallest absolute Gasteiger partial charge is 0.0273 e. The molecule has 138 valence electrons.